The summed E-state index contributed by atoms with van der Waals surface area (Å²) in [4.78, 5) is 0. The topological polar surface area (TPSA) is 47.3 Å². The van der Waals surface area contributed by atoms with Crippen LogP contribution >= 0.6 is 0 Å². The third kappa shape index (κ3) is 5.14. The third-order valence-electron chi connectivity index (χ3n) is 2.50. The van der Waals surface area contributed by atoms with Crippen LogP contribution in [0.1, 0.15) is 25.3 Å². The Bertz CT molecular complexity index is 282. The summed E-state index contributed by atoms with van der Waals surface area (Å²) in [5, 5.41) is 3.40. The Morgan fingerprint density at radius 1 is 1.31 bits per heavy atom. The first-order valence-corrected chi connectivity index (χ1v) is 5.81. The maximum atomic E-state index is 5.68. The SMILES string of the molecule is COc1ccc(CNCCCC(C)N)cc1. The molecule has 1 aromatic carbocycles. The first-order chi connectivity index (χ1) is 7.72. The highest BCUT2D eigenvalue weighted by Gasteiger charge is 1.96. The molecule has 1 atom stereocenters. The van der Waals surface area contributed by atoms with Crippen molar-refractivity contribution in [1.82, 2.24) is 5.32 Å². The fourth-order valence-electron chi connectivity index (χ4n) is 1.53. The summed E-state index contributed by atoms with van der Waals surface area (Å²) in [6, 6.07) is 8.44. The Hall–Kier alpha value is -1.06. The minimum atomic E-state index is 0.308. The largest absolute Gasteiger partial charge is 0.497 e. The molecule has 0 aromatic heterocycles. The van der Waals surface area contributed by atoms with Crippen molar-refractivity contribution in [1.29, 1.82) is 0 Å². The lowest BCUT2D eigenvalue weighted by Gasteiger charge is -2.07. The summed E-state index contributed by atoms with van der Waals surface area (Å²) in [6.45, 7) is 3.97. The van der Waals surface area contributed by atoms with Gasteiger partial charge in [-0.05, 0) is 44.0 Å². The number of ether oxygens (including phenoxy) is 1. The van der Waals surface area contributed by atoms with E-state index in [4.69, 9.17) is 10.5 Å². The van der Waals surface area contributed by atoms with Gasteiger partial charge in [-0.3, -0.25) is 0 Å². The van der Waals surface area contributed by atoms with Crippen molar-refractivity contribution in [3.05, 3.63) is 29.8 Å². The maximum absolute atomic E-state index is 5.68. The lowest BCUT2D eigenvalue weighted by Crippen LogP contribution is -2.19. The minimum absolute atomic E-state index is 0.308. The van der Waals surface area contributed by atoms with E-state index in [0.29, 0.717) is 6.04 Å². The van der Waals surface area contributed by atoms with Crippen LogP contribution in [0.2, 0.25) is 0 Å². The molecule has 0 saturated carbocycles. The summed E-state index contributed by atoms with van der Waals surface area (Å²) < 4.78 is 5.10. The van der Waals surface area contributed by atoms with E-state index in [9.17, 15) is 0 Å². The van der Waals surface area contributed by atoms with Crippen molar-refractivity contribution in [2.75, 3.05) is 13.7 Å². The van der Waals surface area contributed by atoms with Crippen LogP contribution in [0.5, 0.6) is 5.75 Å². The Balaban J connectivity index is 2.16. The van der Waals surface area contributed by atoms with Gasteiger partial charge in [0.2, 0.25) is 0 Å². The van der Waals surface area contributed by atoms with Crippen LogP contribution in [-0.4, -0.2) is 19.7 Å². The molecule has 90 valence electrons. The molecule has 0 aliphatic heterocycles. The van der Waals surface area contributed by atoms with Crippen LogP contribution < -0.4 is 15.8 Å². The molecule has 1 rings (SSSR count). The molecular formula is C13H22N2O. The summed E-state index contributed by atoms with van der Waals surface area (Å²) in [5.74, 6) is 0.903. The molecule has 1 unspecified atom stereocenters. The van der Waals surface area contributed by atoms with E-state index in [0.717, 1.165) is 31.7 Å². The molecule has 0 heterocycles. The highest BCUT2D eigenvalue weighted by atomic mass is 16.5. The average Bonchev–Trinajstić information content (AvgIpc) is 2.29. The van der Waals surface area contributed by atoms with Gasteiger partial charge in [-0.1, -0.05) is 12.1 Å². The fourth-order valence-corrected chi connectivity index (χ4v) is 1.53. The Kier molecular flexibility index (Phi) is 5.90. The van der Waals surface area contributed by atoms with E-state index in [2.05, 4.69) is 17.4 Å². The van der Waals surface area contributed by atoms with E-state index in [-0.39, 0.29) is 0 Å². The second kappa shape index (κ2) is 7.25. The van der Waals surface area contributed by atoms with Gasteiger partial charge in [-0.25, -0.2) is 0 Å². The van der Waals surface area contributed by atoms with E-state index >= 15 is 0 Å². The molecule has 3 heteroatoms. The number of rotatable bonds is 7. The summed E-state index contributed by atoms with van der Waals surface area (Å²) in [5.41, 5.74) is 6.96. The van der Waals surface area contributed by atoms with E-state index in [1.165, 1.54) is 5.56 Å². The zero-order valence-corrected chi connectivity index (χ0v) is 10.2. The summed E-state index contributed by atoms with van der Waals surface area (Å²) in [7, 11) is 1.68. The monoisotopic (exact) mass is 222 g/mol. The quantitative estimate of drug-likeness (QED) is 0.693. The third-order valence-corrected chi connectivity index (χ3v) is 2.50. The second-order valence-electron chi connectivity index (χ2n) is 4.14. The summed E-state index contributed by atoms with van der Waals surface area (Å²) >= 11 is 0. The molecule has 0 amide bonds. The lowest BCUT2D eigenvalue weighted by molar-refractivity contribution is 0.414. The number of hydrogen-bond donors (Lipinski definition) is 2. The Labute approximate surface area is 98.0 Å². The molecule has 0 fully saturated rings. The van der Waals surface area contributed by atoms with Crippen LogP contribution in [0, 0.1) is 0 Å². The normalized spacial score (nSPS) is 12.4. The number of benzene rings is 1. The summed E-state index contributed by atoms with van der Waals surface area (Å²) in [6.07, 6.45) is 2.21. The zero-order valence-electron chi connectivity index (χ0n) is 10.2. The molecule has 0 aliphatic rings. The Morgan fingerprint density at radius 2 is 2.00 bits per heavy atom. The number of hydrogen-bond acceptors (Lipinski definition) is 3. The molecule has 0 spiro atoms. The van der Waals surface area contributed by atoms with Gasteiger partial charge in [0.25, 0.3) is 0 Å². The van der Waals surface area contributed by atoms with Gasteiger partial charge in [0.05, 0.1) is 7.11 Å². The zero-order chi connectivity index (χ0) is 11.8. The Morgan fingerprint density at radius 3 is 2.56 bits per heavy atom. The molecule has 0 bridgehead atoms. The van der Waals surface area contributed by atoms with Crippen molar-refractivity contribution >= 4 is 0 Å². The van der Waals surface area contributed by atoms with Crippen LogP contribution in [0.4, 0.5) is 0 Å². The molecule has 0 aliphatic carbocycles. The fraction of sp³-hybridized carbons (Fsp3) is 0.538. The van der Waals surface area contributed by atoms with Gasteiger partial charge in [-0.2, -0.15) is 0 Å². The molecule has 16 heavy (non-hydrogen) atoms. The van der Waals surface area contributed by atoms with Crippen molar-refractivity contribution in [2.45, 2.75) is 32.4 Å². The van der Waals surface area contributed by atoms with Crippen molar-refractivity contribution < 1.29 is 4.74 Å². The predicted octanol–water partition coefficient (Wildman–Crippen LogP) is 1.91. The minimum Gasteiger partial charge on any atom is -0.497 e. The van der Waals surface area contributed by atoms with Crippen molar-refractivity contribution in [2.24, 2.45) is 5.73 Å². The molecule has 0 radical (unpaired) electrons. The van der Waals surface area contributed by atoms with Gasteiger partial charge < -0.3 is 15.8 Å². The number of methoxy groups -OCH3 is 1. The van der Waals surface area contributed by atoms with Gasteiger partial charge in [-0.15, -0.1) is 0 Å². The number of nitrogens with one attached hydrogen (secondary N) is 1. The van der Waals surface area contributed by atoms with Crippen LogP contribution in [0.15, 0.2) is 24.3 Å². The standard InChI is InChI=1S/C13H22N2O/c1-11(14)4-3-9-15-10-12-5-7-13(16-2)8-6-12/h5-8,11,15H,3-4,9-10,14H2,1-2H3. The van der Waals surface area contributed by atoms with Crippen molar-refractivity contribution in [3.63, 3.8) is 0 Å². The lowest BCUT2D eigenvalue weighted by atomic mass is 10.2. The van der Waals surface area contributed by atoms with Crippen LogP contribution in [-0.2, 0) is 6.54 Å². The molecule has 3 N–H and O–H groups in total. The molecular weight excluding hydrogens is 200 g/mol. The van der Waals surface area contributed by atoms with Gasteiger partial charge >= 0.3 is 0 Å². The second-order valence-corrected chi connectivity index (χ2v) is 4.14. The van der Waals surface area contributed by atoms with Gasteiger partial charge in [0, 0.05) is 12.6 Å². The van der Waals surface area contributed by atoms with E-state index in [1.54, 1.807) is 7.11 Å². The smallest absolute Gasteiger partial charge is 0.118 e. The van der Waals surface area contributed by atoms with E-state index < -0.39 is 0 Å². The average molecular weight is 222 g/mol. The van der Waals surface area contributed by atoms with E-state index in [1.807, 2.05) is 19.1 Å². The first-order valence-electron chi connectivity index (χ1n) is 5.81. The molecule has 3 nitrogen and oxygen atoms in total. The molecule has 1 aromatic rings. The van der Waals surface area contributed by atoms with Crippen LogP contribution in [0.25, 0.3) is 0 Å². The highest BCUT2D eigenvalue weighted by Crippen LogP contribution is 2.10. The highest BCUT2D eigenvalue weighted by molar-refractivity contribution is 5.26. The first kappa shape index (κ1) is 13.0. The van der Waals surface area contributed by atoms with Gasteiger partial charge in [0.1, 0.15) is 5.75 Å². The van der Waals surface area contributed by atoms with Crippen molar-refractivity contribution in [3.8, 4) is 5.75 Å². The maximum Gasteiger partial charge on any atom is 0.118 e. The van der Waals surface area contributed by atoms with Crippen LogP contribution in [0.3, 0.4) is 0 Å². The number of nitrogens with two attached hydrogens (primary N) is 1. The molecule has 0 saturated heterocycles. The predicted molar refractivity (Wildman–Crippen MR) is 67.6 cm³/mol. The van der Waals surface area contributed by atoms with Gasteiger partial charge in [0.15, 0.2) is 0 Å².